The minimum Gasteiger partial charge on any atom is -0.490 e. The predicted octanol–water partition coefficient (Wildman–Crippen LogP) is 3.08. The molecule has 6 nitrogen and oxygen atoms in total. The summed E-state index contributed by atoms with van der Waals surface area (Å²) in [7, 11) is 0. The van der Waals surface area contributed by atoms with Crippen LogP contribution in [0.5, 0.6) is 5.75 Å². The molecule has 1 amide bonds. The molecule has 4 rings (SSSR count). The summed E-state index contributed by atoms with van der Waals surface area (Å²) in [5.41, 5.74) is 3.29. The molecule has 1 aromatic carbocycles. The van der Waals surface area contributed by atoms with Crippen molar-refractivity contribution in [3.8, 4) is 5.75 Å². The van der Waals surface area contributed by atoms with Crippen LogP contribution in [-0.4, -0.2) is 30.1 Å². The molecule has 6 heteroatoms. The lowest BCUT2D eigenvalue weighted by Crippen LogP contribution is -2.19. The zero-order valence-corrected chi connectivity index (χ0v) is 14.4. The van der Waals surface area contributed by atoms with Crippen molar-refractivity contribution in [3.05, 3.63) is 53.3 Å². The van der Waals surface area contributed by atoms with Gasteiger partial charge in [0.25, 0.3) is 0 Å². The fraction of sp³-hybridized carbons (Fsp3) is 0.350. The van der Waals surface area contributed by atoms with Crippen LogP contribution < -0.4 is 10.1 Å². The molecular formula is C20H20N2O4. The van der Waals surface area contributed by atoms with Gasteiger partial charge in [-0.2, -0.15) is 0 Å². The Morgan fingerprint density at radius 3 is 2.92 bits per heavy atom. The van der Waals surface area contributed by atoms with Crippen molar-refractivity contribution in [1.29, 1.82) is 0 Å². The molecule has 0 unspecified atom stereocenters. The first-order valence-electron chi connectivity index (χ1n) is 8.88. The summed E-state index contributed by atoms with van der Waals surface area (Å²) in [6.45, 7) is 0.446. The maximum Gasteiger partial charge on any atom is 0.340 e. The second kappa shape index (κ2) is 7.15. The molecule has 1 fully saturated rings. The number of aryl methyl sites for hydroxylation is 1. The van der Waals surface area contributed by atoms with Gasteiger partial charge in [0.1, 0.15) is 19.0 Å². The van der Waals surface area contributed by atoms with Crippen LogP contribution in [0, 0.1) is 0 Å². The molecule has 0 radical (unpaired) electrons. The van der Waals surface area contributed by atoms with E-state index in [1.54, 1.807) is 24.4 Å². The van der Waals surface area contributed by atoms with Gasteiger partial charge in [0, 0.05) is 24.2 Å². The largest absolute Gasteiger partial charge is 0.490 e. The van der Waals surface area contributed by atoms with Gasteiger partial charge >= 0.3 is 5.97 Å². The molecular weight excluding hydrogens is 332 g/mol. The SMILES string of the molecule is O=C1CCc2cc(OCCOC(=O)c3cccnc3C3CC3)ccc2N1. The summed E-state index contributed by atoms with van der Waals surface area (Å²) in [5, 5.41) is 2.84. The van der Waals surface area contributed by atoms with Crippen molar-refractivity contribution in [2.75, 3.05) is 18.5 Å². The van der Waals surface area contributed by atoms with Crippen LogP contribution in [0.4, 0.5) is 5.69 Å². The minimum absolute atomic E-state index is 0.0408. The highest BCUT2D eigenvalue weighted by molar-refractivity contribution is 5.94. The van der Waals surface area contributed by atoms with Gasteiger partial charge < -0.3 is 14.8 Å². The van der Waals surface area contributed by atoms with E-state index in [9.17, 15) is 9.59 Å². The average Bonchev–Trinajstić information content (AvgIpc) is 3.50. The first-order valence-corrected chi connectivity index (χ1v) is 8.88. The van der Waals surface area contributed by atoms with Crippen molar-refractivity contribution in [1.82, 2.24) is 4.98 Å². The predicted molar refractivity (Wildman–Crippen MR) is 95.4 cm³/mol. The minimum atomic E-state index is -0.350. The summed E-state index contributed by atoms with van der Waals surface area (Å²) in [4.78, 5) is 28.0. The standard InChI is InChI=1S/C20H20N2O4/c23-18-8-5-14-12-15(6-7-17(14)22-18)25-10-11-26-20(24)16-2-1-9-21-19(16)13-3-4-13/h1-2,6-7,9,12-13H,3-5,8,10-11H2,(H,22,23). The number of nitrogens with one attached hydrogen (secondary N) is 1. The van der Waals surface area contributed by atoms with Crippen LogP contribution in [0.2, 0.25) is 0 Å². The summed E-state index contributed by atoms with van der Waals surface area (Å²) in [6, 6.07) is 9.08. The normalized spacial score (nSPS) is 15.8. The number of aromatic nitrogens is 1. The Morgan fingerprint density at radius 2 is 2.08 bits per heavy atom. The molecule has 0 bridgehead atoms. The first kappa shape index (κ1) is 16.6. The van der Waals surface area contributed by atoms with Crippen LogP contribution in [0.3, 0.4) is 0 Å². The van der Waals surface area contributed by atoms with Gasteiger partial charge in [-0.15, -0.1) is 0 Å². The lowest BCUT2D eigenvalue weighted by Gasteiger charge is -2.17. The van der Waals surface area contributed by atoms with Crippen molar-refractivity contribution in [3.63, 3.8) is 0 Å². The van der Waals surface area contributed by atoms with Crippen LogP contribution in [-0.2, 0) is 16.0 Å². The lowest BCUT2D eigenvalue weighted by atomic mass is 10.0. The molecule has 0 saturated heterocycles. The Morgan fingerprint density at radius 1 is 1.19 bits per heavy atom. The number of fused-ring (bicyclic) bond motifs is 1. The maximum absolute atomic E-state index is 12.3. The molecule has 0 spiro atoms. The zero-order chi connectivity index (χ0) is 17.9. The zero-order valence-electron chi connectivity index (χ0n) is 14.4. The number of benzene rings is 1. The molecule has 0 atom stereocenters. The van der Waals surface area contributed by atoms with E-state index >= 15 is 0 Å². The van der Waals surface area contributed by atoms with Crippen LogP contribution >= 0.6 is 0 Å². The quantitative estimate of drug-likeness (QED) is 0.638. The monoisotopic (exact) mass is 352 g/mol. The Hall–Kier alpha value is -2.89. The third-order valence-corrected chi connectivity index (χ3v) is 4.58. The number of nitrogens with zero attached hydrogens (tertiary/aromatic N) is 1. The van der Waals surface area contributed by atoms with Crippen molar-refractivity contribution in [2.45, 2.75) is 31.6 Å². The van der Waals surface area contributed by atoms with E-state index in [0.717, 1.165) is 29.8 Å². The number of hydrogen-bond donors (Lipinski definition) is 1. The molecule has 26 heavy (non-hydrogen) atoms. The third kappa shape index (κ3) is 3.69. The molecule has 1 aliphatic carbocycles. The molecule has 1 saturated carbocycles. The van der Waals surface area contributed by atoms with E-state index in [2.05, 4.69) is 10.3 Å². The van der Waals surface area contributed by atoms with Gasteiger partial charge in [-0.25, -0.2) is 4.79 Å². The molecule has 134 valence electrons. The summed E-state index contributed by atoms with van der Waals surface area (Å²) in [5.74, 6) is 0.790. The van der Waals surface area contributed by atoms with Crippen LogP contribution in [0.1, 0.15) is 46.8 Å². The summed E-state index contributed by atoms with van der Waals surface area (Å²) < 4.78 is 11.0. The highest BCUT2D eigenvalue weighted by Crippen LogP contribution is 2.40. The number of rotatable bonds is 6. The highest BCUT2D eigenvalue weighted by Gasteiger charge is 2.29. The number of hydrogen-bond acceptors (Lipinski definition) is 5. The third-order valence-electron chi connectivity index (χ3n) is 4.58. The Kier molecular flexibility index (Phi) is 4.56. The van der Waals surface area contributed by atoms with E-state index in [-0.39, 0.29) is 25.1 Å². The molecule has 1 aromatic heterocycles. The highest BCUT2D eigenvalue weighted by atomic mass is 16.6. The van der Waals surface area contributed by atoms with E-state index in [0.29, 0.717) is 30.1 Å². The second-order valence-electron chi connectivity index (χ2n) is 6.56. The van der Waals surface area contributed by atoms with Crippen molar-refractivity contribution < 1.29 is 19.1 Å². The van der Waals surface area contributed by atoms with Gasteiger partial charge in [-0.05, 0) is 55.2 Å². The molecule has 2 aromatic rings. The van der Waals surface area contributed by atoms with Crippen LogP contribution in [0.25, 0.3) is 0 Å². The van der Waals surface area contributed by atoms with E-state index < -0.39 is 0 Å². The Bertz CT molecular complexity index is 845. The number of esters is 1. The maximum atomic E-state index is 12.3. The topological polar surface area (TPSA) is 77.5 Å². The van der Waals surface area contributed by atoms with E-state index in [1.807, 2.05) is 12.1 Å². The number of pyridine rings is 1. The Balaban J connectivity index is 1.29. The van der Waals surface area contributed by atoms with Crippen LogP contribution in [0.15, 0.2) is 36.5 Å². The van der Waals surface area contributed by atoms with Gasteiger partial charge in [0.05, 0.1) is 11.3 Å². The molecule has 2 aliphatic rings. The number of amides is 1. The van der Waals surface area contributed by atoms with Crippen molar-refractivity contribution in [2.24, 2.45) is 0 Å². The number of anilines is 1. The number of ether oxygens (including phenoxy) is 2. The van der Waals surface area contributed by atoms with E-state index in [1.165, 1.54) is 0 Å². The van der Waals surface area contributed by atoms with Gasteiger partial charge in [0.15, 0.2) is 0 Å². The molecule has 1 aliphatic heterocycles. The average molecular weight is 352 g/mol. The van der Waals surface area contributed by atoms with Gasteiger partial charge in [0.2, 0.25) is 5.91 Å². The fourth-order valence-corrected chi connectivity index (χ4v) is 3.09. The second-order valence-corrected chi connectivity index (χ2v) is 6.56. The van der Waals surface area contributed by atoms with E-state index in [4.69, 9.17) is 9.47 Å². The Labute approximate surface area is 151 Å². The van der Waals surface area contributed by atoms with Crippen molar-refractivity contribution >= 4 is 17.6 Å². The van der Waals surface area contributed by atoms with Gasteiger partial charge in [-0.3, -0.25) is 9.78 Å². The first-order chi connectivity index (χ1) is 12.7. The summed E-state index contributed by atoms with van der Waals surface area (Å²) in [6.07, 6.45) is 5.07. The van der Waals surface area contributed by atoms with Gasteiger partial charge in [-0.1, -0.05) is 0 Å². The molecule has 1 N–H and O–H groups in total. The number of carbonyl (C=O) groups excluding carboxylic acids is 2. The summed E-state index contributed by atoms with van der Waals surface area (Å²) >= 11 is 0. The smallest absolute Gasteiger partial charge is 0.340 e. The molecule has 2 heterocycles. The number of carbonyl (C=O) groups is 2. The lowest BCUT2D eigenvalue weighted by molar-refractivity contribution is -0.116. The fourth-order valence-electron chi connectivity index (χ4n) is 3.09.